The molecule has 0 saturated carbocycles. The fraction of sp³-hybridized carbons (Fsp3) is 0.250. The minimum absolute atomic E-state index is 0.0975. The largest absolute Gasteiger partial charge is 0.481 e. The Morgan fingerprint density at radius 3 is 2.23 bits per heavy atom. The minimum atomic E-state index is -0.981. The topological polar surface area (TPSA) is 74.7 Å². The SMILES string of the molecule is CC1(C(=O)O)CCN(C(=O)c2ccccc2C(=O)c2ccc(F)cc2)C1. The van der Waals surface area contributed by atoms with Gasteiger partial charge in [0, 0.05) is 24.2 Å². The van der Waals surface area contributed by atoms with Gasteiger partial charge in [-0.25, -0.2) is 4.39 Å². The highest BCUT2D eigenvalue weighted by Gasteiger charge is 2.42. The molecule has 3 rings (SSSR count). The van der Waals surface area contributed by atoms with Crippen molar-refractivity contribution in [3.05, 3.63) is 71.0 Å². The maximum Gasteiger partial charge on any atom is 0.311 e. The highest BCUT2D eigenvalue weighted by atomic mass is 19.1. The molecule has 1 atom stereocenters. The number of nitrogens with zero attached hydrogens (tertiary/aromatic N) is 1. The van der Waals surface area contributed by atoms with Gasteiger partial charge in [-0.3, -0.25) is 14.4 Å². The summed E-state index contributed by atoms with van der Waals surface area (Å²) in [6, 6.07) is 11.5. The molecule has 1 amide bonds. The van der Waals surface area contributed by atoms with Crippen molar-refractivity contribution in [1.29, 1.82) is 0 Å². The molecule has 1 fully saturated rings. The van der Waals surface area contributed by atoms with Gasteiger partial charge in [0.15, 0.2) is 5.78 Å². The van der Waals surface area contributed by atoms with Crippen LogP contribution < -0.4 is 0 Å². The summed E-state index contributed by atoms with van der Waals surface area (Å²) in [5.74, 6) is -2.14. The molecular weight excluding hydrogens is 337 g/mol. The molecule has 1 N–H and O–H groups in total. The van der Waals surface area contributed by atoms with Crippen LogP contribution in [0.25, 0.3) is 0 Å². The average molecular weight is 355 g/mol. The molecule has 2 aromatic rings. The highest BCUT2D eigenvalue weighted by molar-refractivity contribution is 6.15. The molecule has 0 bridgehead atoms. The van der Waals surface area contributed by atoms with Crippen LogP contribution in [0.1, 0.15) is 39.6 Å². The lowest BCUT2D eigenvalue weighted by Crippen LogP contribution is -2.35. The number of hydrogen-bond acceptors (Lipinski definition) is 3. The van der Waals surface area contributed by atoms with Crippen LogP contribution >= 0.6 is 0 Å². The van der Waals surface area contributed by atoms with Crippen molar-refractivity contribution in [3.8, 4) is 0 Å². The second kappa shape index (κ2) is 6.71. The first-order valence-corrected chi connectivity index (χ1v) is 8.24. The van der Waals surface area contributed by atoms with Crippen molar-refractivity contribution in [2.75, 3.05) is 13.1 Å². The molecule has 1 saturated heterocycles. The predicted octanol–water partition coefficient (Wildman–Crippen LogP) is 2.99. The number of halogens is 1. The van der Waals surface area contributed by atoms with Crippen LogP contribution in [-0.2, 0) is 4.79 Å². The summed E-state index contributed by atoms with van der Waals surface area (Å²) >= 11 is 0. The molecule has 5 nitrogen and oxygen atoms in total. The summed E-state index contributed by atoms with van der Waals surface area (Å²) in [6.45, 7) is 2.03. The van der Waals surface area contributed by atoms with E-state index in [0.717, 1.165) is 0 Å². The van der Waals surface area contributed by atoms with Gasteiger partial charge in [-0.05, 0) is 43.7 Å². The predicted molar refractivity (Wildman–Crippen MR) is 92.5 cm³/mol. The van der Waals surface area contributed by atoms with Crippen molar-refractivity contribution in [2.24, 2.45) is 5.41 Å². The van der Waals surface area contributed by atoms with Crippen LogP contribution in [0.3, 0.4) is 0 Å². The quantitative estimate of drug-likeness (QED) is 0.856. The number of carboxylic acid groups (broad SMARTS) is 1. The normalized spacial score (nSPS) is 19.4. The number of carbonyl (C=O) groups is 3. The van der Waals surface area contributed by atoms with Crippen molar-refractivity contribution in [3.63, 3.8) is 0 Å². The van der Waals surface area contributed by atoms with E-state index < -0.39 is 17.2 Å². The highest BCUT2D eigenvalue weighted by Crippen LogP contribution is 2.31. The fourth-order valence-electron chi connectivity index (χ4n) is 3.10. The number of amides is 1. The van der Waals surface area contributed by atoms with E-state index in [0.29, 0.717) is 13.0 Å². The minimum Gasteiger partial charge on any atom is -0.481 e. The van der Waals surface area contributed by atoms with Crippen molar-refractivity contribution < 1.29 is 23.9 Å². The zero-order valence-electron chi connectivity index (χ0n) is 14.2. The molecule has 1 aliphatic rings. The van der Waals surface area contributed by atoms with Gasteiger partial charge >= 0.3 is 5.97 Å². The van der Waals surface area contributed by atoms with Crippen LogP contribution in [0.15, 0.2) is 48.5 Å². The van der Waals surface area contributed by atoms with Gasteiger partial charge in [-0.2, -0.15) is 0 Å². The number of ketones is 1. The fourth-order valence-corrected chi connectivity index (χ4v) is 3.10. The Labute approximate surface area is 150 Å². The zero-order chi connectivity index (χ0) is 18.9. The molecule has 1 unspecified atom stereocenters. The molecule has 1 heterocycles. The molecular formula is C20H18FNO4. The second-order valence-corrected chi connectivity index (χ2v) is 6.72. The van der Waals surface area contributed by atoms with E-state index in [1.54, 1.807) is 31.2 Å². The van der Waals surface area contributed by atoms with E-state index in [1.165, 1.54) is 29.2 Å². The van der Waals surface area contributed by atoms with Gasteiger partial charge in [-0.15, -0.1) is 0 Å². The van der Waals surface area contributed by atoms with Gasteiger partial charge in [0.25, 0.3) is 5.91 Å². The summed E-state index contributed by atoms with van der Waals surface area (Å²) in [5.41, 5.74) is -0.265. The maximum absolute atomic E-state index is 13.1. The van der Waals surface area contributed by atoms with Crippen LogP contribution in [0, 0.1) is 11.2 Å². The lowest BCUT2D eigenvalue weighted by molar-refractivity contribution is -0.147. The molecule has 0 radical (unpaired) electrons. The summed E-state index contributed by atoms with van der Waals surface area (Å²) in [5, 5.41) is 9.33. The number of hydrogen-bond donors (Lipinski definition) is 1. The first-order chi connectivity index (χ1) is 12.3. The van der Waals surface area contributed by atoms with Crippen molar-refractivity contribution >= 4 is 17.7 Å². The van der Waals surface area contributed by atoms with E-state index in [-0.39, 0.29) is 34.9 Å². The smallest absolute Gasteiger partial charge is 0.311 e. The van der Waals surface area contributed by atoms with E-state index in [1.807, 2.05) is 0 Å². The lowest BCUT2D eigenvalue weighted by atomic mass is 9.90. The van der Waals surface area contributed by atoms with E-state index in [9.17, 15) is 23.9 Å². The Morgan fingerprint density at radius 2 is 1.65 bits per heavy atom. The molecule has 0 aromatic heterocycles. The zero-order valence-corrected chi connectivity index (χ0v) is 14.2. The number of likely N-dealkylation sites (tertiary alicyclic amines) is 1. The van der Waals surface area contributed by atoms with Gasteiger partial charge in [0.2, 0.25) is 0 Å². The molecule has 0 aliphatic carbocycles. The Hall–Kier alpha value is -3.02. The number of carbonyl (C=O) groups excluding carboxylic acids is 2. The third-order valence-electron chi connectivity index (χ3n) is 4.79. The summed E-state index contributed by atoms with van der Waals surface area (Å²) < 4.78 is 13.1. The van der Waals surface area contributed by atoms with Crippen LogP contribution in [0.4, 0.5) is 4.39 Å². The first-order valence-electron chi connectivity index (χ1n) is 8.24. The van der Waals surface area contributed by atoms with Gasteiger partial charge in [0.1, 0.15) is 5.82 Å². The van der Waals surface area contributed by atoms with Crippen LogP contribution in [0.5, 0.6) is 0 Å². The van der Waals surface area contributed by atoms with Crippen molar-refractivity contribution in [1.82, 2.24) is 4.90 Å². The number of aliphatic carboxylic acids is 1. The Bertz CT molecular complexity index is 878. The second-order valence-electron chi connectivity index (χ2n) is 6.72. The Morgan fingerprint density at radius 1 is 1.04 bits per heavy atom. The first kappa shape index (κ1) is 17.8. The Balaban J connectivity index is 1.90. The van der Waals surface area contributed by atoms with Crippen molar-refractivity contribution in [2.45, 2.75) is 13.3 Å². The summed E-state index contributed by atoms with van der Waals surface area (Å²) in [4.78, 5) is 38.5. The lowest BCUT2D eigenvalue weighted by Gasteiger charge is -2.21. The third kappa shape index (κ3) is 3.22. The number of carboxylic acids is 1. The van der Waals surface area contributed by atoms with E-state index >= 15 is 0 Å². The van der Waals surface area contributed by atoms with Gasteiger partial charge < -0.3 is 10.0 Å². The standard InChI is InChI=1S/C20H18FNO4/c1-20(19(25)26)10-11-22(12-20)18(24)16-5-3-2-4-15(16)17(23)13-6-8-14(21)9-7-13/h2-9H,10-12H2,1H3,(H,25,26). The van der Waals surface area contributed by atoms with Gasteiger partial charge in [-0.1, -0.05) is 18.2 Å². The summed E-state index contributed by atoms with van der Waals surface area (Å²) in [6.07, 6.45) is 0.363. The molecule has 26 heavy (non-hydrogen) atoms. The summed E-state index contributed by atoms with van der Waals surface area (Å²) in [7, 11) is 0. The number of benzene rings is 2. The molecule has 1 aliphatic heterocycles. The molecule has 2 aromatic carbocycles. The van der Waals surface area contributed by atoms with Crippen LogP contribution in [0.2, 0.25) is 0 Å². The molecule has 0 spiro atoms. The number of rotatable bonds is 4. The van der Waals surface area contributed by atoms with Crippen LogP contribution in [-0.4, -0.2) is 40.8 Å². The molecule has 6 heteroatoms. The monoisotopic (exact) mass is 355 g/mol. The third-order valence-corrected chi connectivity index (χ3v) is 4.79. The van der Waals surface area contributed by atoms with E-state index in [4.69, 9.17) is 0 Å². The molecule has 134 valence electrons. The average Bonchev–Trinajstić information content (AvgIpc) is 3.05. The van der Waals surface area contributed by atoms with Gasteiger partial charge in [0.05, 0.1) is 11.0 Å². The van der Waals surface area contributed by atoms with E-state index in [2.05, 4.69) is 0 Å². The maximum atomic E-state index is 13.1. The Kier molecular flexibility index (Phi) is 4.59.